The van der Waals surface area contributed by atoms with E-state index in [1.54, 1.807) is 0 Å². The van der Waals surface area contributed by atoms with Gasteiger partial charge in [0.05, 0.1) is 0 Å². The van der Waals surface area contributed by atoms with Crippen LogP contribution in [0.25, 0.3) is 0 Å². The van der Waals surface area contributed by atoms with E-state index in [-0.39, 0.29) is 124 Å². The minimum absolute atomic E-state index is 0. The van der Waals surface area contributed by atoms with E-state index in [1.165, 1.54) is 0 Å². The van der Waals surface area contributed by atoms with Gasteiger partial charge in [-0.25, -0.2) is 0 Å². The van der Waals surface area contributed by atoms with Crippen LogP contribution in [-0.4, -0.2) is 143 Å². The van der Waals surface area contributed by atoms with Gasteiger partial charge in [0, 0.05) is 0 Å². The van der Waals surface area contributed by atoms with Crippen molar-refractivity contribution in [1.29, 1.82) is 0 Å². The third-order valence-electron chi connectivity index (χ3n) is 0. The summed E-state index contributed by atoms with van der Waals surface area (Å²) in [6.07, 6.45) is 0. The van der Waals surface area contributed by atoms with E-state index in [4.69, 9.17) is 14.1 Å². The van der Waals surface area contributed by atoms with Crippen LogP contribution in [0, 0.1) is 0 Å². The summed E-state index contributed by atoms with van der Waals surface area (Å²) >= 11 is 0. The van der Waals surface area contributed by atoms with Gasteiger partial charge < -0.3 is 15.1 Å². The van der Waals surface area contributed by atoms with Crippen molar-refractivity contribution in [3.05, 3.63) is 0 Å². The molecule has 8 heavy (non-hydrogen) atoms. The molecule has 0 aromatic carbocycles. The second kappa shape index (κ2) is 22.4. The molecule has 0 atom stereocenters. The van der Waals surface area contributed by atoms with E-state index in [2.05, 4.69) is 0 Å². The monoisotopic (exact) mass is 202 g/mol. The molecule has 0 aliphatic carbocycles. The van der Waals surface area contributed by atoms with Gasteiger partial charge >= 0.3 is 128 Å². The quantitative estimate of drug-likeness (QED) is 0.387. The predicted molar refractivity (Wildman–Crippen MR) is 37.3 cm³/mol. The van der Waals surface area contributed by atoms with E-state index in [0.717, 1.165) is 0 Å². The summed E-state index contributed by atoms with van der Waals surface area (Å²) in [7, 11) is -3.13. The SMILES string of the molecule is O.O=[Si](O)O.[CaH2].[KH].[NaH]. The van der Waals surface area contributed by atoms with Crippen molar-refractivity contribution < 1.29 is 19.5 Å². The normalized spacial score (nSPS) is 3.00. The summed E-state index contributed by atoms with van der Waals surface area (Å²) in [4.78, 5) is 14.3. The van der Waals surface area contributed by atoms with Crippen molar-refractivity contribution in [3.63, 3.8) is 0 Å². The van der Waals surface area contributed by atoms with Gasteiger partial charge in [-0.1, -0.05) is 0 Å². The zero-order valence-corrected chi connectivity index (χ0v) is 3.30. The van der Waals surface area contributed by atoms with E-state index < -0.39 is 9.17 Å². The Balaban J connectivity index is -0.00000000750. The summed E-state index contributed by atoms with van der Waals surface area (Å²) in [5.41, 5.74) is 0. The van der Waals surface area contributed by atoms with Gasteiger partial charge in [0.1, 0.15) is 0 Å². The number of rotatable bonds is 0. The van der Waals surface area contributed by atoms with Crippen molar-refractivity contribution >= 4 is 128 Å². The molecule has 0 aromatic rings. The fourth-order valence-electron chi connectivity index (χ4n) is 0. The first kappa shape index (κ1) is 30.0. The molecular formula is H8CaKNaO4Si. The predicted octanol–water partition coefficient (Wildman–Crippen LogP) is -4.65. The molecule has 8 heteroatoms. The molecule has 0 rings (SSSR count). The average Bonchev–Trinajstić information content (AvgIpc) is 0.811. The maximum absolute atomic E-state index is 8.74. The van der Waals surface area contributed by atoms with Crippen LogP contribution in [0.5, 0.6) is 0 Å². The molecule has 0 fully saturated rings. The first-order valence-electron chi connectivity index (χ1n) is 0.651. The second-order valence-electron chi connectivity index (χ2n) is 0.283. The molecular weight excluding hydrogens is 194 g/mol. The first-order chi connectivity index (χ1) is 1.73. The Morgan fingerprint density at radius 3 is 1.25 bits per heavy atom. The van der Waals surface area contributed by atoms with Crippen molar-refractivity contribution in [3.8, 4) is 0 Å². The molecule has 0 spiro atoms. The average molecular weight is 202 g/mol. The molecule has 4 nitrogen and oxygen atoms in total. The topological polar surface area (TPSA) is 89.0 Å². The van der Waals surface area contributed by atoms with Crippen molar-refractivity contribution in [2.75, 3.05) is 0 Å². The molecule has 0 heterocycles. The van der Waals surface area contributed by atoms with Crippen LogP contribution in [0.15, 0.2) is 0 Å². The van der Waals surface area contributed by atoms with Crippen molar-refractivity contribution in [2.24, 2.45) is 0 Å². The van der Waals surface area contributed by atoms with Crippen LogP contribution in [0.4, 0.5) is 0 Å². The molecule has 40 valence electrons. The van der Waals surface area contributed by atoms with E-state index in [1.807, 2.05) is 0 Å². The van der Waals surface area contributed by atoms with Gasteiger partial charge in [-0.2, -0.15) is 0 Å². The molecule has 0 aliphatic rings. The van der Waals surface area contributed by atoms with Gasteiger partial charge in [0.15, 0.2) is 0 Å². The van der Waals surface area contributed by atoms with Gasteiger partial charge in [0.25, 0.3) is 0 Å². The molecule has 0 unspecified atom stereocenters. The van der Waals surface area contributed by atoms with Crippen LogP contribution < -0.4 is 0 Å². The van der Waals surface area contributed by atoms with Crippen LogP contribution in [0.2, 0.25) is 0 Å². The minimum atomic E-state index is -3.13. The third kappa shape index (κ3) is 56.4. The molecule has 4 N–H and O–H groups in total. The van der Waals surface area contributed by atoms with Crippen LogP contribution >= 0.6 is 0 Å². The fraction of sp³-hybridized carbons (Fsp3) is 0. The molecule has 0 saturated carbocycles. The van der Waals surface area contributed by atoms with Crippen molar-refractivity contribution in [2.45, 2.75) is 0 Å². The Labute approximate surface area is 143 Å². The summed E-state index contributed by atoms with van der Waals surface area (Å²) in [5.74, 6) is 0. The number of hydrogen-bond donors (Lipinski definition) is 2. The second-order valence-corrected chi connectivity index (χ2v) is 0.848. The van der Waals surface area contributed by atoms with Crippen LogP contribution in [0.1, 0.15) is 0 Å². The van der Waals surface area contributed by atoms with Gasteiger partial charge in [-0.05, 0) is 0 Å². The Hall–Kier alpha value is 3.47. The van der Waals surface area contributed by atoms with Gasteiger partial charge in [-0.3, -0.25) is 4.46 Å². The fourth-order valence-corrected chi connectivity index (χ4v) is 0. The summed E-state index contributed by atoms with van der Waals surface area (Å²) in [5, 5.41) is 0. The Morgan fingerprint density at radius 2 is 1.25 bits per heavy atom. The third-order valence-corrected chi connectivity index (χ3v) is 0. The molecule has 0 bridgehead atoms. The van der Waals surface area contributed by atoms with Crippen molar-refractivity contribution in [1.82, 2.24) is 0 Å². The zero-order chi connectivity index (χ0) is 3.58. The Morgan fingerprint density at radius 1 is 1.25 bits per heavy atom. The maximum atomic E-state index is 8.74. The Bertz CT molecular complexity index is 39.0. The summed E-state index contributed by atoms with van der Waals surface area (Å²) in [6.45, 7) is 0. The van der Waals surface area contributed by atoms with E-state index in [9.17, 15) is 0 Å². The van der Waals surface area contributed by atoms with E-state index in [0.29, 0.717) is 0 Å². The van der Waals surface area contributed by atoms with Gasteiger partial charge in [-0.15, -0.1) is 0 Å². The number of hydrogen-bond acceptors (Lipinski definition) is 1. The van der Waals surface area contributed by atoms with Gasteiger partial charge in [0.2, 0.25) is 0 Å². The molecule has 0 amide bonds. The van der Waals surface area contributed by atoms with Crippen LogP contribution in [0.3, 0.4) is 0 Å². The first-order valence-corrected chi connectivity index (χ1v) is 1.95. The zero-order valence-electron chi connectivity index (χ0n) is 2.30. The van der Waals surface area contributed by atoms with E-state index >= 15 is 0 Å². The summed E-state index contributed by atoms with van der Waals surface area (Å²) in [6, 6.07) is 0. The van der Waals surface area contributed by atoms with Crippen LogP contribution in [-0.2, 0) is 4.46 Å². The molecule has 0 aromatic heterocycles. The molecule has 0 saturated heterocycles. The summed E-state index contributed by atoms with van der Waals surface area (Å²) < 4.78 is 8.74. The Kier molecular flexibility index (Phi) is 84.2. The standard InChI is InChI=1S/Ca.K.Na.H2O3Si.H2O.4H/c;;;1-4(2)3;;;;;/h;;;1-2H;1H2;;;;. The molecule has 0 radical (unpaired) electrons. The molecule has 0 aliphatic heterocycles.